The lowest BCUT2D eigenvalue weighted by atomic mass is 10.0. The van der Waals surface area contributed by atoms with Crippen molar-refractivity contribution in [2.45, 2.75) is 31.4 Å². The molecular formula is C8H15NO. The molecule has 0 amide bonds. The van der Waals surface area contributed by atoms with Crippen LogP contribution in [-0.2, 0) is 4.74 Å². The van der Waals surface area contributed by atoms with E-state index in [2.05, 4.69) is 11.9 Å². The predicted octanol–water partition coefficient (Wildman–Crippen LogP) is 0.869. The summed E-state index contributed by atoms with van der Waals surface area (Å²) in [7, 11) is 2.21. The molecule has 2 aliphatic heterocycles. The fraction of sp³-hybridized carbons (Fsp3) is 1.00. The van der Waals surface area contributed by atoms with E-state index in [-0.39, 0.29) is 0 Å². The monoisotopic (exact) mass is 141 g/mol. The van der Waals surface area contributed by atoms with Gasteiger partial charge in [0.1, 0.15) is 0 Å². The van der Waals surface area contributed by atoms with Crippen molar-refractivity contribution in [2.75, 3.05) is 20.2 Å². The van der Waals surface area contributed by atoms with Crippen LogP contribution in [0.1, 0.15) is 19.3 Å². The average molecular weight is 141 g/mol. The SMILES string of the molecule is CN1CCCCC1[C@@H]1CO1. The highest BCUT2D eigenvalue weighted by Crippen LogP contribution is 2.25. The largest absolute Gasteiger partial charge is 0.371 e. The number of likely N-dealkylation sites (N-methyl/N-ethyl adjacent to an activating group) is 1. The zero-order valence-electron chi connectivity index (χ0n) is 6.55. The molecule has 2 fully saturated rings. The van der Waals surface area contributed by atoms with Crippen LogP contribution in [0.25, 0.3) is 0 Å². The van der Waals surface area contributed by atoms with E-state index in [0.29, 0.717) is 6.10 Å². The van der Waals surface area contributed by atoms with Gasteiger partial charge in [0.2, 0.25) is 0 Å². The zero-order valence-corrected chi connectivity index (χ0v) is 6.55. The van der Waals surface area contributed by atoms with Crippen molar-refractivity contribution in [2.24, 2.45) is 0 Å². The highest BCUT2D eigenvalue weighted by Gasteiger charge is 2.36. The molecular weight excluding hydrogens is 126 g/mol. The average Bonchev–Trinajstić information content (AvgIpc) is 2.71. The molecule has 2 aliphatic rings. The van der Waals surface area contributed by atoms with Crippen molar-refractivity contribution in [1.29, 1.82) is 0 Å². The quantitative estimate of drug-likeness (QED) is 0.504. The summed E-state index contributed by atoms with van der Waals surface area (Å²) in [6.45, 7) is 2.28. The third-order valence-electron chi connectivity index (χ3n) is 2.62. The molecule has 2 rings (SSSR count). The van der Waals surface area contributed by atoms with Crippen LogP contribution in [0.2, 0.25) is 0 Å². The molecule has 0 saturated carbocycles. The van der Waals surface area contributed by atoms with E-state index >= 15 is 0 Å². The number of hydrogen-bond acceptors (Lipinski definition) is 2. The number of hydrogen-bond donors (Lipinski definition) is 0. The standard InChI is InChI=1S/C8H15NO/c1-9-5-3-2-4-7(9)8-6-10-8/h7-8H,2-6H2,1H3/t7?,8-/m0/s1. The van der Waals surface area contributed by atoms with E-state index in [4.69, 9.17) is 4.74 Å². The summed E-state index contributed by atoms with van der Waals surface area (Å²) in [4.78, 5) is 2.45. The fourth-order valence-electron chi connectivity index (χ4n) is 1.85. The lowest BCUT2D eigenvalue weighted by Gasteiger charge is -2.31. The smallest absolute Gasteiger partial charge is 0.0964 e. The van der Waals surface area contributed by atoms with Gasteiger partial charge in [0.05, 0.1) is 12.7 Å². The van der Waals surface area contributed by atoms with E-state index in [1.54, 1.807) is 0 Å². The van der Waals surface area contributed by atoms with E-state index in [0.717, 1.165) is 12.6 Å². The van der Waals surface area contributed by atoms with Crippen LogP contribution in [0, 0.1) is 0 Å². The Kier molecular flexibility index (Phi) is 1.66. The Morgan fingerprint density at radius 3 is 2.80 bits per heavy atom. The maximum atomic E-state index is 5.28. The molecule has 2 saturated heterocycles. The topological polar surface area (TPSA) is 15.8 Å². The first kappa shape index (κ1) is 6.62. The van der Waals surface area contributed by atoms with E-state index in [9.17, 15) is 0 Å². The number of piperidine rings is 1. The van der Waals surface area contributed by atoms with Gasteiger partial charge in [-0.15, -0.1) is 0 Å². The number of likely N-dealkylation sites (tertiary alicyclic amines) is 1. The Morgan fingerprint density at radius 1 is 1.40 bits per heavy atom. The highest BCUT2D eigenvalue weighted by atomic mass is 16.6. The first-order valence-corrected chi connectivity index (χ1v) is 4.20. The summed E-state index contributed by atoms with van der Waals surface area (Å²) in [6, 6.07) is 0.744. The van der Waals surface area contributed by atoms with Gasteiger partial charge in [0, 0.05) is 6.04 Å². The molecule has 2 heterocycles. The molecule has 0 radical (unpaired) electrons. The summed E-state index contributed by atoms with van der Waals surface area (Å²) in [5.74, 6) is 0. The Labute approximate surface area is 62.2 Å². The van der Waals surface area contributed by atoms with Gasteiger partial charge in [-0.05, 0) is 26.4 Å². The molecule has 0 bridgehead atoms. The van der Waals surface area contributed by atoms with Gasteiger partial charge in [0.15, 0.2) is 0 Å². The Bertz CT molecular complexity index is 122. The third kappa shape index (κ3) is 1.18. The lowest BCUT2D eigenvalue weighted by Crippen LogP contribution is -2.39. The zero-order chi connectivity index (χ0) is 6.97. The minimum absolute atomic E-state index is 0.588. The van der Waals surface area contributed by atoms with Crippen molar-refractivity contribution >= 4 is 0 Å². The summed E-state index contributed by atoms with van der Waals surface area (Å²) in [5, 5.41) is 0. The maximum Gasteiger partial charge on any atom is 0.0964 e. The maximum absolute atomic E-state index is 5.28. The van der Waals surface area contributed by atoms with E-state index < -0.39 is 0 Å². The number of rotatable bonds is 1. The van der Waals surface area contributed by atoms with Crippen LogP contribution in [0.3, 0.4) is 0 Å². The second-order valence-corrected chi connectivity index (χ2v) is 3.42. The lowest BCUT2D eigenvalue weighted by molar-refractivity contribution is 0.151. The molecule has 0 spiro atoms. The van der Waals surface area contributed by atoms with Crippen LogP contribution >= 0.6 is 0 Å². The molecule has 0 aromatic heterocycles. The van der Waals surface area contributed by atoms with Gasteiger partial charge in [-0.25, -0.2) is 0 Å². The fourth-order valence-corrected chi connectivity index (χ4v) is 1.85. The normalized spacial score (nSPS) is 41.7. The van der Waals surface area contributed by atoms with Crippen molar-refractivity contribution in [3.8, 4) is 0 Å². The summed E-state index contributed by atoms with van der Waals surface area (Å²) in [6.07, 6.45) is 4.71. The molecule has 0 N–H and O–H groups in total. The van der Waals surface area contributed by atoms with Gasteiger partial charge in [-0.2, -0.15) is 0 Å². The first-order valence-electron chi connectivity index (χ1n) is 4.20. The van der Waals surface area contributed by atoms with Crippen LogP contribution in [0.5, 0.6) is 0 Å². The van der Waals surface area contributed by atoms with E-state index in [1.807, 2.05) is 0 Å². The molecule has 10 heavy (non-hydrogen) atoms. The summed E-state index contributed by atoms with van der Waals surface area (Å²) >= 11 is 0. The minimum atomic E-state index is 0.588. The molecule has 0 aromatic rings. The van der Waals surface area contributed by atoms with Crippen LogP contribution in [-0.4, -0.2) is 37.2 Å². The van der Waals surface area contributed by atoms with Gasteiger partial charge < -0.3 is 9.64 Å². The molecule has 1 unspecified atom stereocenters. The van der Waals surface area contributed by atoms with Crippen LogP contribution in [0.4, 0.5) is 0 Å². The predicted molar refractivity (Wildman–Crippen MR) is 40.0 cm³/mol. The summed E-state index contributed by atoms with van der Waals surface area (Å²) < 4.78 is 5.28. The van der Waals surface area contributed by atoms with Gasteiger partial charge in [-0.1, -0.05) is 6.42 Å². The molecule has 0 aromatic carbocycles. The highest BCUT2D eigenvalue weighted by molar-refractivity contribution is 4.87. The van der Waals surface area contributed by atoms with Crippen LogP contribution in [0.15, 0.2) is 0 Å². The second-order valence-electron chi connectivity index (χ2n) is 3.42. The number of ether oxygens (including phenoxy) is 1. The van der Waals surface area contributed by atoms with Crippen molar-refractivity contribution in [3.63, 3.8) is 0 Å². The second kappa shape index (κ2) is 2.51. The Hall–Kier alpha value is -0.0800. The first-order chi connectivity index (χ1) is 4.88. The van der Waals surface area contributed by atoms with Crippen molar-refractivity contribution < 1.29 is 4.74 Å². The molecule has 2 nitrogen and oxygen atoms in total. The molecule has 2 atom stereocenters. The number of epoxide rings is 1. The van der Waals surface area contributed by atoms with Crippen LogP contribution < -0.4 is 0 Å². The molecule has 2 heteroatoms. The van der Waals surface area contributed by atoms with Gasteiger partial charge in [-0.3, -0.25) is 0 Å². The van der Waals surface area contributed by atoms with Gasteiger partial charge >= 0.3 is 0 Å². The summed E-state index contributed by atoms with van der Waals surface area (Å²) in [5.41, 5.74) is 0. The Balaban J connectivity index is 1.90. The van der Waals surface area contributed by atoms with Gasteiger partial charge in [0.25, 0.3) is 0 Å². The van der Waals surface area contributed by atoms with Crippen molar-refractivity contribution in [1.82, 2.24) is 4.90 Å². The molecule has 0 aliphatic carbocycles. The van der Waals surface area contributed by atoms with E-state index in [1.165, 1.54) is 25.8 Å². The Morgan fingerprint density at radius 2 is 2.20 bits per heavy atom. The third-order valence-corrected chi connectivity index (χ3v) is 2.62. The van der Waals surface area contributed by atoms with Crippen molar-refractivity contribution in [3.05, 3.63) is 0 Å². The molecule has 58 valence electrons. The number of nitrogens with zero attached hydrogens (tertiary/aromatic N) is 1. The minimum Gasteiger partial charge on any atom is -0.371 e.